The molecule has 2 N–H and O–H groups in total. The Kier molecular flexibility index (Phi) is 6.95. The highest BCUT2D eigenvalue weighted by atomic mass is 19.1. The van der Waals surface area contributed by atoms with E-state index in [1.54, 1.807) is 0 Å². The van der Waals surface area contributed by atoms with E-state index in [-0.39, 0.29) is 12.2 Å². The summed E-state index contributed by atoms with van der Waals surface area (Å²) in [5.74, 6) is -2.86. The van der Waals surface area contributed by atoms with Crippen LogP contribution in [0.2, 0.25) is 0 Å². The van der Waals surface area contributed by atoms with Crippen LogP contribution in [0.25, 0.3) is 0 Å². The minimum Gasteiger partial charge on any atom is -0.372 e. The van der Waals surface area contributed by atoms with Crippen molar-refractivity contribution in [3.63, 3.8) is 0 Å². The van der Waals surface area contributed by atoms with Crippen molar-refractivity contribution < 1.29 is 18.9 Å². The molecule has 1 fully saturated rings. The highest BCUT2D eigenvalue weighted by molar-refractivity contribution is 6.39. The Morgan fingerprint density at radius 1 is 1.03 bits per heavy atom. The molecule has 0 aromatic heterocycles. The van der Waals surface area contributed by atoms with Crippen molar-refractivity contribution in [3.8, 4) is 0 Å². The maximum absolute atomic E-state index is 13.3. The number of benzene rings is 2. The Balaban J connectivity index is 1.46. The smallest absolute Gasteiger partial charge is 0.313 e. The van der Waals surface area contributed by atoms with E-state index in [2.05, 4.69) is 27.7 Å². The number of hydrogen-bond donors (Lipinski definition) is 2. The number of nitro groups is 1. The van der Waals surface area contributed by atoms with E-state index < -0.39 is 28.2 Å². The maximum Gasteiger partial charge on any atom is 0.313 e. The molecule has 1 saturated heterocycles. The first-order valence-corrected chi connectivity index (χ1v) is 9.81. The molecular formula is C21H23FN4O4. The summed E-state index contributed by atoms with van der Waals surface area (Å²) in [7, 11) is 0. The quantitative estimate of drug-likeness (QED) is 0.430. The van der Waals surface area contributed by atoms with Gasteiger partial charge in [0.15, 0.2) is 0 Å². The normalized spacial score (nSPS) is 13.6. The Morgan fingerprint density at radius 3 is 2.40 bits per heavy atom. The largest absolute Gasteiger partial charge is 0.372 e. The number of carbonyl (C=O) groups is 2. The molecule has 158 valence electrons. The molecule has 0 radical (unpaired) electrons. The molecule has 0 unspecified atom stereocenters. The van der Waals surface area contributed by atoms with Crippen molar-refractivity contribution in [2.24, 2.45) is 0 Å². The zero-order valence-electron chi connectivity index (χ0n) is 16.4. The third-order valence-corrected chi connectivity index (χ3v) is 4.96. The molecule has 3 rings (SSSR count). The number of halogens is 1. The highest BCUT2D eigenvalue weighted by Crippen LogP contribution is 2.22. The van der Waals surface area contributed by atoms with E-state index in [4.69, 9.17) is 0 Å². The standard InChI is InChI=1S/C21H23FN4O4/c22-18-9-6-16(14-19(18)26(29)30)24-21(28)20(27)23-11-10-15-4-7-17(8-5-15)25-12-2-1-3-13-25/h4-9,14H,1-3,10-13H2,(H,23,27)(H,24,28). The molecule has 8 nitrogen and oxygen atoms in total. The highest BCUT2D eigenvalue weighted by Gasteiger charge is 2.18. The monoisotopic (exact) mass is 414 g/mol. The van der Waals surface area contributed by atoms with E-state index in [1.165, 1.54) is 24.9 Å². The van der Waals surface area contributed by atoms with Gasteiger partial charge in [-0.15, -0.1) is 0 Å². The number of piperidine rings is 1. The molecule has 0 saturated carbocycles. The molecule has 2 aromatic carbocycles. The van der Waals surface area contributed by atoms with Crippen LogP contribution < -0.4 is 15.5 Å². The summed E-state index contributed by atoms with van der Waals surface area (Å²) in [6.45, 7) is 2.41. The zero-order chi connectivity index (χ0) is 21.5. The molecule has 30 heavy (non-hydrogen) atoms. The zero-order valence-corrected chi connectivity index (χ0v) is 16.4. The van der Waals surface area contributed by atoms with E-state index >= 15 is 0 Å². The number of amides is 2. The van der Waals surface area contributed by atoms with Crippen LogP contribution in [0.5, 0.6) is 0 Å². The summed E-state index contributed by atoms with van der Waals surface area (Å²) in [6.07, 6.45) is 4.25. The number of carbonyl (C=O) groups excluding carboxylic acids is 2. The number of rotatable bonds is 6. The summed E-state index contributed by atoms with van der Waals surface area (Å²) < 4.78 is 13.3. The predicted octanol–water partition coefficient (Wildman–Crippen LogP) is 3.02. The fraction of sp³-hybridized carbons (Fsp3) is 0.333. The summed E-state index contributed by atoms with van der Waals surface area (Å²) in [5, 5.41) is 15.5. The van der Waals surface area contributed by atoms with Crippen LogP contribution in [0.15, 0.2) is 42.5 Å². The number of nitrogens with zero attached hydrogens (tertiary/aromatic N) is 2. The van der Waals surface area contributed by atoms with Crippen molar-refractivity contribution in [1.82, 2.24) is 5.32 Å². The summed E-state index contributed by atoms with van der Waals surface area (Å²) in [4.78, 5) is 36.1. The van der Waals surface area contributed by atoms with Crippen LogP contribution in [0.4, 0.5) is 21.5 Å². The first-order valence-electron chi connectivity index (χ1n) is 9.81. The number of nitrogens with one attached hydrogen (secondary N) is 2. The minimum absolute atomic E-state index is 0.0310. The summed E-state index contributed by atoms with van der Waals surface area (Å²) in [6, 6.07) is 11.0. The van der Waals surface area contributed by atoms with Gasteiger partial charge in [-0.2, -0.15) is 4.39 Å². The molecule has 0 spiro atoms. The maximum atomic E-state index is 13.3. The van der Waals surface area contributed by atoms with E-state index in [0.29, 0.717) is 6.42 Å². The second kappa shape index (κ2) is 9.82. The third-order valence-electron chi connectivity index (χ3n) is 4.96. The van der Waals surface area contributed by atoms with E-state index in [9.17, 15) is 24.1 Å². The van der Waals surface area contributed by atoms with Gasteiger partial charge in [-0.25, -0.2) is 0 Å². The lowest BCUT2D eigenvalue weighted by molar-refractivity contribution is -0.387. The first kappa shape index (κ1) is 21.2. The van der Waals surface area contributed by atoms with Gasteiger partial charge < -0.3 is 15.5 Å². The van der Waals surface area contributed by atoms with Gasteiger partial charge in [0.25, 0.3) is 0 Å². The number of nitro benzene ring substituents is 1. The van der Waals surface area contributed by atoms with Crippen molar-refractivity contribution >= 4 is 28.9 Å². The molecule has 1 aliphatic heterocycles. The number of anilines is 2. The third kappa shape index (κ3) is 5.53. The van der Waals surface area contributed by atoms with Crippen molar-refractivity contribution in [3.05, 3.63) is 64.0 Å². The second-order valence-corrected chi connectivity index (χ2v) is 7.10. The van der Waals surface area contributed by atoms with Gasteiger partial charge in [0.05, 0.1) is 4.92 Å². The topological polar surface area (TPSA) is 105 Å². The Hall–Kier alpha value is -3.49. The molecule has 1 aliphatic rings. The van der Waals surface area contributed by atoms with Crippen LogP contribution in [0, 0.1) is 15.9 Å². The SMILES string of the molecule is O=C(NCCc1ccc(N2CCCCC2)cc1)C(=O)Nc1ccc(F)c([N+](=O)[O-])c1. The molecule has 0 aliphatic carbocycles. The minimum atomic E-state index is -1.02. The Labute approximate surface area is 173 Å². The Morgan fingerprint density at radius 2 is 1.73 bits per heavy atom. The van der Waals surface area contributed by atoms with Gasteiger partial charge in [0.2, 0.25) is 5.82 Å². The molecule has 0 bridgehead atoms. The summed E-state index contributed by atoms with van der Waals surface area (Å²) in [5.41, 5.74) is 1.42. The average molecular weight is 414 g/mol. The van der Waals surface area contributed by atoms with Gasteiger partial charge >= 0.3 is 17.5 Å². The molecule has 0 atom stereocenters. The van der Waals surface area contributed by atoms with Gasteiger partial charge in [0.1, 0.15) is 0 Å². The van der Waals surface area contributed by atoms with Gasteiger partial charge in [-0.3, -0.25) is 19.7 Å². The van der Waals surface area contributed by atoms with E-state index in [1.807, 2.05) is 12.1 Å². The van der Waals surface area contributed by atoms with Crippen LogP contribution in [-0.2, 0) is 16.0 Å². The fourth-order valence-electron chi connectivity index (χ4n) is 3.34. The van der Waals surface area contributed by atoms with Crippen LogP contribution >= 0.6 is 0 Å². The first-order chi connectivity index (χ1) is 14.4. The van der Waals surface area contributed by atoms with Gasteiger partial charge in [0, 0.05) is 37.1 Å². The average Bonchev–Trinajstić information content (AvgIpc) is 2.76. The van der Waals surface area contributed by atoms with E-state index in [0.717, 1.165) is 36.9 Å². The fourth-order valence-corrected chi connectivity index (χ4v) is 3.34. The van der Waals surface area contributed by atoms with Gasteiger partial charge in [-0.1, -0.05) is 12.1 Å². The molecule has 2 amide bonds. The lowest BCUT2D eigenvalue weighted by Crippen LogP contribution is -2.36. The van der Waals surface area contributed by atoms with Crippen molar-refractivity contribution in [2.45, 2.75) is 25.7 Å². The molecule has 9 heteroatoms. The number of hydrogen-bond acceptors (Lipinski definition) is 5. The predicted molar refractivity (Wildman–Crippen MR) is 111 cm³/mol. The Bertz CT molecular complexity index is 927. The van der Waals surface area contributed by atoms with Crippen molar-refractivity contribution in [1.29, 1.82) is 0 Å². The van der Waals surface area contributed by atoms with Crippen LogP contribution in [0.3, 0.4) is 0 Å². The molecular weight excluding hydrogens is 391 g/mol. The second-order valence-electron chi connectivity index (χ2n) is 7.10. The molecule has 1 heterocycles. The summed E-state index contributed by atoms with van der Waals surface area (Å²) >= 11 is 0. The van der Waals surface area contributed by atoms with Crippen LogP contribution in [-0.4, -0.2) is 36.4 Å². The van der Waals surface area contributed by atoms with Crippen LogP contribution in [0.1, 0.15) is 24.8 Å². The lowest BCUT2D eigenvalue weighted by atomic mass is 10.1. The van der Waals surface area contributed by atoms with Crippen molar-refractivity contribution in [2.75, 3.05) is 29.9 Å². The lowest BCUT2D eigenvalue weighted by Gasteiger charge is -2.28. The van der Waals surface area contributed by atoms with Gasteiger partial charge in [-0.05, 0) is 55.5 Å². The molecule has 2 aromatic rings.